The minimum atomic E-state index is 0.295. The van der Waals surface area contributed by atoms with Gasteiger partial charge in [-0.15, -0.1) is 0 Å². The molecule has 2 N–H and O–H groups in total. The van der Waals surface area contributed by atoms with E-state index >= 15 is 0 Å². The monoisotopic (exact) mass is 254 g/mol. The molecule has 2 aromatic carbocycles. The molecule has 0 aliphatic carbocycles. The first kappa shape index (κ1) is 11.2. The van der Waals surface area contributed by atoms with Crippen molar-refractivity contribution in [2.75, 3.05) is 0 Å². The van der Waals surface area contributed by atoms with Crippen molar-refractivity contribution >= 4 is 23.0 Å². The van der Waals surface area contributed by atoms with Crippen molar-refractivity contribution in [1.82, 2.24) is 9.97 Å². The molecule has 90 valence electrons. The molecule has 0 spiro atoms. The van der Waals surface area contributed by atoms with Gasteiger partial charge < -0.3 is 9.97 Å². The van der Waals surface area contributed by atoms with Crippen LogP contribution in [-0.2, 0) is 0 Å². The lowest BCUT2D eigenvalue weighted by atomic mass is 9.93. The highest BCUT2D eigenvalue weighted by Crippen LogP contribution is 2.29. The van der Waals surface area contributed by atoms with E-state index in [9.17, 15) is 0 Å². The van der Waals surface area contributed by atoms with Crippen LogP contribution < -0.4 is 0 Å². The highest BCUT2D eigenvalue weighted by atomic mass is 32.1. The number of benzene rings is 2. The van der Waals surface area contributed by atoms with Crippen LogP contribution in [0.15, 0.2) is 48.7 Å². The summed E-state index contributed by atoms with van der Waals surface area (Å²) in [5.74, 6) is 0.295. The van der Waals surface area contributed by atoms with E-state index in [1.807, 2.05) is 6.20 Å². The van der Waals surface area contributed by atoms with Crippen LogP contribution in [0.1, 0.15) is 24.1 Å². The average Bonchev–Trinajstić information content (AvgIpc) is 2.84. The Kier molecular flexibility index (Phi) is 2.76. The number of imidazole rings is 1. The maximum atomic E-state index is 5.09. The quantitative estimate of drug-likeness (QED) is 0.653. The van der Waals surface area contributed by atoms with Gasteiger partial charge in [0.05, 0.1) is 0 Å². The van der Waals surface area contributed by atoms with E-state index in [1.165, 1.54) is 16.3 Å². The molecule has 0 radical (unpaired) electrons. The summed E-state index contributed by atoms with van der Waals surface area (Å²) in [5.41, 5.74) is 2.44. The second-order valence-corrected chi connectivity index (χ2v) is 4.90. The highest BCUT2D eigenvalue weighted by Gasteiger charge is 2.12. The van der Waals surface area contributed by atoms with Gasteiger partial charge in [-0.25, -0.2) is 0 Å². The molecular formula is C15H14N2S. The summed E-state index contributed by atoms with van der Waals surface area (Å²) in [4.78, 5) is 6.22. The van der Waals surface area contributed by atoms with Gasteiger partial charge in [-0.2, -0.15) is 0 Å². The van der Waals surface area contributed by atoms with Crippen molar-refractivity contribution in [3.8, 4) is 0 Å². The van der Waals surface area contributed by atoms with Crippen LogP contribution in [0.4, 0.5) is 0 Å². The van der Waals surface area contributed by atoms with Crippen molar-refractivity contribution in [2.45, 2.75) is 12.8 Å². The molecule has 3 rings (SSSR count). The molecule has 0 bridgehead atoms. The molecule has 18 heavy (non-hydrogen) atoms. The summed E-state index contributed by atoms with van der Waals surface area (Å²) in [6.07, 6.45) is 1.95. The van der Waals surface area contributed by atoms with Gasteiger partial charge in [0, 0.05) is 17.8 Å². The Bertz CT molecular complexity index is 734. The van der Waals surface area contributed by atoms with E-state index in [1.54, 1.807) is 0 Å². The first-order valence-corrected chi connectivity index (χ1v) is 6.42. The summed E-state index contributed by atoms with van der Waals surface area (Å²) >= 11 is 5.09. The first-order chi connectivity index (χ1) is 8.75. The minimum absolute atomic E-state index is 0.295. The van der Waals surface area contributed by atoms with Gasteiger partial charge in [-0.3, -0.25) is 0 Å². The summed E-state index contributed by atoms with van der Waals surface area (Å²) < 4.78 is 0.678. The molecule has 0 fully saturated rings. The number of rotatable bonds is 2. The van der Waals surface area contributed by atoms with Gasteiger partial charge in [0.15, 0.2) is 4.77 Å². The second-order valence-electron chi connectivity index (χ2n) is 4.49. The van der Waals surface area contributed by atoms with E-state index in [2.05, 4.69) is 59.4 Å². The molecule has 0 aliphatic rings. The smallest absolute Gasteiger partial charge is 0.174 e. The molecule has 0 saturated carbocycles. The molecule has 0 saturated heterocycles. The van der Waals surface area contributed by atoms with E-state index in [0.29, 0.717) is 10.7 Å². The SMILES string of the molecule is CC(c1c[nH]c(=S)[nH]1)c1cccc2ccccc12. The number of aromatic nitrogens is 2. The Labute approximate surface area is 111 Å². The number of nitrogens with one attached hydrogen (secondary N) is 2. The molecule has 0 aliphatic heterocycles. The van der Waals surface area contributed by atoms with Crippen LogP contribution in [0, 0.1) is 4.77 Å². The first-order valence-electron chi connectivity index (χ1n) is 6.01. The van der Waals surface area contributed by atoms with Crippen LogP contribution >= 0.6 is 12.2 Å². The number of aromatic amines is 2. The molecule has 1 heterocycles. The minimum Gasteiger partial charge on any atom is -0.337 e. The number of hydrogen-bond acceptors (Lipinski definition) is 1. The molecule has 1 atom stereocenters. The summed E-state index contributed by atoms with van der Waals surface area (Å²) in [6, 6.07) is 14.9. The Balaban J connectivity index is 2.17. The molecule has 1 unspecified atom stereocenters. The van der Waals surface area contributed by atoms with E-state index in [-0.39, 0.29) is 0 Å². The lowest BCUT2D eigenvalue weighted by Gasteiger charge is -2.13. The molecule has 0 amide bonds. The predicted molar refractivity (Wildman–Crippen MR) is 77.4 cm³/mol. The molecule has 2 nitrogen and oxygen atoms in total. The fourth-order valence-corrected chi connectivity index (χ4v) is 2.55. The maximum absolute atomic E-state index is 5.09. The summed E-state index contributed by atoms with van der Waals surface area (Å²) in [5, 5.41) is 2.57. The largest absolute Gasteiger partial charge is 0.337 e. The number of hydrogen-bond donors (Lipinski definition) is 2. The normalized spacial score (nSPS) is 12.7. The summed E-state index contributed by atoms with van der Waals surface area (Å²) in [6.45, 7) is 2.19. The zero-order valence-corrected chi connectivity index (χ0v) is 10.9. The van der Waals surface area contributed by atoms with Gasteiger partial charge in [0.25, 0.3) is 0 Å². The third kappa shape index (κ3) is 1.87. The third-order valence-electron chi connectivity index (χ3n) is 3.37. The Morgan fingerprint density at radius 1 is 1.06 bits per heavy atom. The fourth-order valence-electron chi connectivity index (χ4n) is 2.38. The molecule has 3 heteroatoms. The zero-order valence-electron chi connectivity index (χ0n) is 10.1. The van der Waals surface area contributed by atoms with Gasteiger partial charge in [0.1, 0.15) is 0 Å². The zero-order chi connectivity index (χ0) is 12.5. The van der Waals surface area contributed by atoms with Gasteiger partial charge >= 0.3 is 0 Å². The van der Waals surface area contributed by atoms with Crippen LogP contribution in [0.2, 0.25) is 0 Å². The van der Waals surface area contributed by atoms with Crippen molar-refractivity contribution in [2.24, 2.45) is 0 Å². The van der Waals surface area contributed by atoms with Gasteiger partial charge in [-0.05, 0) is 28.6 Å². The Morgan fingerprint density at radius 3 is 2.61 bits per heavy atom. The van der Waals surface area contributed by atoms with Gasteiger partial charge in [0.2, 0.25) is 0 Å². The lowest BCUT2D eigenvalue weighted by molar-refractivity contribution is 0.890. The van der Waals surface area contributed by atoms with Crippen LogP contribution in [0.5, 0.6) is 0 Å². The molecule has 3 aromatic rings. The second kappa shape index (κ2) is 4.42. The van der Waals surface area contributed by atoms with Crippen LogP contribution in [0.3, 0.4) is 0 Å². The van der Waals surface area contributed by atoms with E-state index in [0.717, 1.165) is 5.69 Å². The standard InChI is InChI=1S/C15H14N2S/c1-10(14-9-16-15(18)17-14)12-8-4-6-11-5-2-3-7-13(11)12/h2-10H,1H3,(H2,16,17,18). The average molecular weight is 254 g/mol. The van der Waals surface area contributed by atoms with Crippen LogP contribution in [0.25, 0.3) is 10.8 Å². The van der Waals surface area contributed by atoms with Crippen molar-refractivity contribution in [1.29, 1.82) is 0 Å². The Morgan fingerprint density at radius 2 is 1.83 bits per heavy atom. The number of fused-ring (bicyclic) bond motifs is 1. The van der Waals surface area contributed by atoms with E-state index < -0.39 is 0 Å². The van der Waals surface area contributed by atoms with E-state index in [4.69, 9.17) is 12.2 Å². The fraction of sp³-hybridized carbons (Fsp3) is 0.133. The van der Waals surface area contributed by atoms with Crippen LogP contribution in [-0.4, -0.2) is 9.97 Å². The molecule has 1 aromatic heterocycles. The lowest BCUT2D eigenvalue weighted by Crippen LogP contribution is -1.97. The Hall–Kier alpha value is -1.87. The third-order valence-corrected chi connectivity index (χ3v) is 3.59. The topological polar surface area (TPSA) is 31.6 Å². The number of H-pyrrole nitrogens is 2. The summed E-state index contributed by atoms with van der Waals surface area (Å²) in [7, 11) is 0. The van der Waals surface area contributed by atoms with Crippen molar-refractivity contribution in [3.63, 3.8) is 0 Å². The molecular weight excluding hydrogens is 240 g/mol. The van der Waals surface area contributed by atoms with Crippen molar-refractivity contribution in [3.05, 3.63) is 64.7 Å². The maximum Gasteiger partial charge on any atom is 0.174 e. The highest BCUT2D eigenvalue weighted by molar-refractivity contribution is 7.71. The predicted octanol–water partition coefficient (Wildman–Crippen LogP) is 4.38. The van der Waals surface area contributed by atoms with Crippen molar-refractivity contribution < 1.29 is 0 Å². The van der Waals surface area contributed by atoms with Gasteiger partial charge in [-0.1, -0.05) is 49.4 Å².